The quantitative estimate of drug-likeness (QED) is 0.560. The highest BCUT2D eigenvalue weighted by Gasteiger charge is 2.36. The minimum Gasteiger partial charge on any atom is -0.417 e. The fourth-order valence-corrected chi connectivity index (χ4v) is 2.15. The van der Waals surface area contributed by atoms with Crippen LogP contribution < -0.4 is 0 Å². The molecule has 1 N–H and O–H groups in total. The highest BCUT2D eigenvalue weighted by Crippen LogP contribution is 2.36. The van der Waals surface area contributed by atoms with Gasteiger partial charge in [-0.2, -0.15) is 0 Å². The van der Waals surface area contributed by atoms with Crippen molar-refractivity contribution in [1.29, 1.82) is 0 Å². The summed E-state index contributed by atoms with van der Waals surface area (Å²) in [4.78, 5) is 0. The largest absolute Gasteiger partial charge is 0.417 e. The zero-order chi connectivity index (χ0) is 12.1. The molecular formula is C12H28O2Si. The molecule has 0 saturated heterocycles. The average molecular weight is 232 g/mol. The summed E-state index contributed by atoms with van der Waals surface area (Å²) in [5, 5.41) is 9.69. The second kappa shape index (κ2) is 6.02. The molecule has 3 heteroatoms. The summed E-state index contributed by atoms with van der Waals surface area (Å²) in [5.74, 6) is 0. The second-order valence-corrected chi connectivity index (χ2v) is 10.6. The van der Waals surface area contributed by atoms with E-state index in [1.54, 1.807) is 0 Å². The lowest BCUT2D eigenvalue weighted by atomic mass is 10.2. The Kier molecular flexibility index (Phi) is 6.07. The van der Waals surface area contributed by atoms with Gasteiger partial charge in [0, 0.05) is 6.61 Å². The Bertz CT molecular complexity index is 173. The van der Waals surface area contributed by atoms with Gasteiger partial charge in [-0.1, -0.05) is 27.7 Å². The van der Waals surface area contributed by atoms with E-state index in [9.17, 15) is 5.11 Å². The van der Waals surface area contributed by atoms with E-state index in [1.807, 2.05) is 6.92 Å². The first-order valence-corrected chi connectivity index (χ1v) is 8.93. The molecule has 0 rings (SSSR count). The molecule has 0 spiro atoms. The van der Waals surface area contributed by atoms with Crippen molar-refractivity contribution in [1.82, 2.24) is 0 Å². The lowest BCUT2D eigenvalue weighted by Crippen LogP contribution is -2.41. The van der Waals surface area contributed by atoms with Gasteiger partial charge in [0.25, 0.3) is 0 Å². The summed E-state index contributed by atoms with van der Waals surface area (Å²) in [6, 6.07) is 0. The number of hydrogen-bond acceptors (Lipinski definition) is 2. The maximum atomic E-state index is 9.40. The fourth-order valence-electron chi connectivity index (χ4n) is 1.07. The molecule has 0 heterocycles. The Labute approximate surface area is 96.2 Å². The van der Waals surface area contributed by atoms with Crippen molar-refractivity contribution in [2.45, 2.75) is 71.2 Å². The number of aliphatic hydroxyl groups is 1. The van der Waals surface area contributed by atoms with Crippen LogP contribution in [0.15, 0.2) is 0 Å². The molecule has 15 heavy (non-hydrogen) atoms. The van der Waals surface area contributed by atoms with Gasteiger partial charge in [-0.15, -0.1) is 0 Å². The first-order valence-electron chi connectivity index (χ1n) is 6.02. The topological polar surface area (TPSA) is 29.5 Å². The van der Waals surface area contributed by atoms with Gasteiger partial charge in [-0.3, -0.25) is 0 Å². The molecule has 0 fully saturated rings. The highest BCUT2D eigenvalue weighted by molar-refractivity contribution is 6.74. The zero-order valence-corrected chi connectivity index (χ0v) is 12.3. The van der Waals surface area contributed by atoms with E-state index in [4.69, 9.17) is 4.43 Å². The third-order valence-electron chi connectivity index (χ3n) is 3.42. The molecular weight excluding hydrogens is 204 g/mol. The molecule has 0 aliphatic carbocycles. The van der Waals surface area contributed by atoms with Gasteiger partial charge in [0.05, 0.1) is 6.10 Å². The molecule has 0 aliphatic rings. The van der Waals surface area contributed by atoms with Crippen LogP contribution >= 0.6 is 0 Å². The summed E-state index contributed by atoms with van der Waals surface area (Å²) in [6.45, 7) is 14.1. The van der Waals surface area contributed by atoms with E-state index in [-0.39, 0.29) is 11.1 Å². The van der Waals surface area contributed by atoms with Gasteiger partial charge in [-0.25, -0.2) is 0 Å². The Hall–Kier alpha value is 0.137. The molecule has 0 saturated carbocycles. The van der Waals surface area contributed by atoms with Gasteiger partial charge in [-0.05, 0) is 37.4 Å². The molecule has 0 aromatic heterocycles. The first-order chi connectivity index (χ1) is 6.70. The fraction of sp³-hybridized carbons (Fsp3) is 1.00. The standard InChI is InChI=1S/C12H28O2Si/c1-7-11(13)9-8-10-14-15(5,6)12(2,3)4/h11,13H,7-10H2,1-6H3. The van der Waals surface area contributed by atoms with Crippen molar-refractivity contribution in [2.24, 2.45) is 0 Å². The molecule has 1 unspecified atom stereocenters. The van der Waals surface area contributed by atoms with Crippen molar-refractivity contribution in [3.8, 4) is 0 Å². The molecule has 2 nitrogen and oxygen atoms in total. The molecule has 0 aromatic carbocycles. The lowest BCUT2D eigenvalue weighted by molar-refractivity contribution is 0.147. The van der Waals surface area contributed by atoms with E-state index in [0.717, 1.165) is 25.9 Å². The van der Waals surface area contributed by atoms with Crippen molar-refractivity contribution >= 4 is 8.32 Å². The summed E-state index contributed by atoms with van der Waals surface area (Å²) in [6.07, 6.45) is 2.54. The minimum absolute atomic E-state index is 0.145. The molecule has 0 aromatic rings. The Morgan fingerprint density at radius 3 is 2.20 bits per heavy atom. The van der Waals surface area contributed by atoms with E-state index in [0.29, 0.717) is 0 Å². The normalized spacial score (nSPS) is 15.4. The van der Waals surface area contributed by atoms with E-state index in [2.05, 4.69) is 33.9 Å². The third-order valence-corrected chi connectivity index (χ3v) is 7.96. The Morgan fingerprint density at radius 1 is 1.27 bits per heavy atom. The van der Waals surface area contributed by atoms with Crippen LogP contribution in [0.3, 0.4) is 0 Å². The SMILES string of the molecule is CCC(O)CCCO[Si](C)(C)C(C)(C)C. The summed E-state index contributed by atoms with van der Waals surface area (Å²) in [7, 11) is -1.57. The predicted octanol–water partition coefficient (Wildman–Crippen LogP) is 3.56. The monoisotopic (exact) mass is 232 g/mol. The predicted molar refractivity (Wildman–Crippen MR) is 68.7 cm³/mol. The van der Waals surface area contributed by atoms with Crippen LogP contribution in [0.4, 0.5) is 0 Å². The Balaban J connectivity index is 3.77. The highest BCUT2D eigenvalue weighted by atomic mass is 28.4. The van der Waals surface area contributed by atoms with Crippen LogP contribution in [0.25, 0.3) is 0 Å². The van der Waals surface area contributed by atoms with E-state index >= 15 is 0 Å². The second-order valence-electron chi connectivity index (χ2n) is 5.81. The molecule has 0 aliphatic heterocycles. The van der Waals surface area contributed by atoms with Crippen molar-refractivity contribution in [3.05, 3.63) is 0 Å². The summed E-state index contributed by atoms with van der Waals surface area (Å²) >= 11 is 0. The van der Waals surface area contributed by atoms with Gasteiger partial charge in [0.1, 0.15) is 0 Å². The van der Waals surface area contributed by atoms with Gasteiger partial charge in [0.2, 0.25) is 0 Å². The van der Waals surface area contributed by atoms with Crippen LogP contribution in [-0.4, -0.2) is 26.1 Å². The molecule has 0 radical (unpaired) electrons. The summed E-state index contributed by atoms with van der Waals surface area (Å²) < 4.78 is 6.02. The van der Waals surface area contributed by atoms with Crippen LogP contribution in [-0.2, 0) is 4.43 Å². The smallest absolute Gasteiger partial charge is 0.191 e. The van der Waals surface area contributed by atoms with E-state index in [1.165, 1.54) is 0 Å². The first kappa shape index (κ1) is 15.1. The maximum absolute atomic E-state index is 9.40. The lowest BCUT2D eigenvalue weighted by Gasteiger charge is -2.36. The maximum Gasteiger partial charge on any atom is 0.191 e. The van der Waals surface area contributed by atoms with Crippen molar-refractivity contribution in [2.75, 3.05) is 6.61 Å². The van der Waals surface area contributed by atoms with Gasteiger partial charge < -0.3 is 9.53 Å². The van der Waals surface area contributed by atoms with Crippen LogP contribution in [0.2, 0.25) is 18.1 Å². The Morgan fingerprint density at radius 2 is 1.80 bits per heavy atom. The molecule has 0 amide bonds. The number of aliphatic hydroxyl groups excluding tert-OH is 1. The van der Waals surface area contributed by atoms with E-state index < -0.39 is 8.32 Å². The van der Waals surface area contributed by atoms with Crippen LogP contribution in [0.5, 0.6) is 0 Å². The number of rotatable bonds is 6. The zero-order valence-electron chi connectivity index (χ0n) is 11.3. The molecule has 1 atom stereocenters. The van der Waals surface area contributed by atoms with Crippen LogP contribution in [0.1, 0.15) is 47.0 Å². The third kappa shape index (κ3) is 5.69. The minimum atomic E-state index is -1.57. The van der Waals surface area contributed by atoms with Gasteiger partial charge in [0.15, 0.2) is 8.32 Å². The average Bonchev–Trinajstić information content (AvgIpc) is 2.10. The number of hydrogen-bond donors (Lipinski definition) is 1. The molecule has 0 bridgehead atoms. The summed E-state index contributed by atoms with van der Waals surface area (Å²) in [5.41, 5.74) is 0. The van der Waals surface area contributed by atoms with Crippen molar-refractivity contribution < 1.29 is 9.53 Å². The molecule has 92 valence electrons. The van der Waals surface area contributed by atoms with Gasteiger partial charge >= 0.3 is 0 Å². The van der Waals surface area contributed by atoms with Crippen molar-refractivity contribution in [3.63, 3.8) is 0 Å². The van der Waals surface area contributed by atoms with Crippen LogP contribution in [0, 0.1) is 0 Å².